The molecule has 7 nitrogen and oxygen atoms in total. The number of rotatable bonds is 9. The molecule has 0 radical (unpaired) electrons. The van der Waals surface area contributed by atoms with Gasteiger partial charge >= 0.3 is 6.03 Å². The Hall–Kier alpha value is -1.64. The van der Waals surface area contributed by atoms with E-state index in [1.807, 2.05) is 0 Å². The highest BCUT2D eigenvalue weighted by molar-refractivity contribution is 7.89. The minimum Gasteiger partial charge on any atom is -0.336 e. The number of carbonyl (C=O) groups excluding carboxylic acids is 1. The van der Waals surface area contributed by atoms with Crippen LogP contribution < -0.4 is 15.8 Å². The monoisotopic (exact) mass is 370 g/mol. The second-order valence-electron chi connectivity index (χ2n) is 6.41. The number of nitrogens with one attached hydrogen (secondary N) is 2. The molecule has 4 N–H and O–H groups in total. The van der Waals surface area contributed by atoms with Gasteiger partial charge in [0, 0.05) is 18.3 Å². The lowest BCUT2D eigenvalue weighted by molar-refractivity contribution is 0.186. The number of urea groups is 1. The van der Waals surface area contributed by atoms with Gasteiger partial charge in [0.2, 0.25) is 10.0 Å². The zero-order valence-electron chi connectivity index (χ0n) is 15.5. The van der Waals surface area contributed by atoms with Gasteiger partial charge in [-0.05, 0) is 49.7 Å². The summed E-state index contributed by atoms with van der Waals surface area (Å²) in [6.45, 7) is 11.0. The largest absolute Gasteiger partial charge is 0.336 e. The van der Waals surface area contributed by atoms with E-state index in [1.54, 1.807) is 0 Å². The molecule has 0 saturated carbocycles. The Morgan fingerprint density at radius 2 is 1.72 bits per heavy atom. The van der Waals surface area contributed by atoms with Crippen LogP contribution in [0, 0.1) is 5.92 Å². The number of carbonyl (C=O) groups is 1. The van der Waals surface area contributed by atoms with Crippen LogP contribution in [0.4, 0.5) is 10.5 Å². The van der Waals surface area contributed by atoms with E-state index in [2.05, 4.69) is 43.2 Å². The fourth-order valence-electron chi connectivity index (χ4n) is 2.76. The van der Waals surface area contributed by atoms with Gasteiger partial charge in [-0.15, -0.1) is 0 Å². The molecule has 0 aromatic heterocycles. The van der Waals surface area contributed by atoms with E-state index >= 15 is 0 Å². The Bertz CT molecular complexity index is 640. The van der Waals surface area contributed by atoms with Crippen LogP contribution in [-0.2, 0) is 10.0 Å². The summed E-state index contributed by atoms with van der Waals surface area (Å²) in [6, 6.07) is 5.71. The highest BCUT2D eigenvalue weighted by atomic mass is 32.2. The third-order valence-electron chi connectivity index (χ3n) is 4.01. The van der Waals surface area contributed by atoms with Crippen molar-refractivity contribution in [3.05, 3.63) is 24.3 Å². The smallest absolute Gasteiger partial charge is 0.319 e. The number of hydrogen-bond donors (Lipinski definition) is 3. The van der Waals surface area contributed by atoms with Crippen molar-refractivity contribution in [2.45, 2.75) is 45.1 Å². The molecular weight excluding hydrogens is 340 g/mol. The van der Waals surface area contributed by atoms with Gasteiger partial charge in [-0.1, -0.05) is 27.7 Å². The van der Waals surface area contributed by atoms with Crippen molar-refractivity contribution in [3.8, 4) is 0 Å². The molecule has 0 bridgehead atoms. The summed E-state index contributed by atoms with van der Waals surface area (Å²) < 4.78 is 22.5. The number of nitrogens with two attached hydrogens (primary N) is 1. The quantitative estimate of drug-likeness (QED) is 0.620. The van der Waals surface area contributed by atoms with Crippen LogP contribution in [0.2, 0.25) is 0 Å². The zero-order valence-corrected chi connectivity index (χ0v) is 16.3. The van der Waals surface area contributed by atoms with Gasteiger partial charge in [0.25, 0.3) is 0 Å². The highest BCUT2D eigenvalue weighted by Gasteiger charge is 2.18. The molecule has 1 aromatic carbocycles. The lowest BCUT2D eigenvalue weighted by atomic mass is 10.0. The average Bonchev–Trinajstić information content (AvgIpc) is 2.52. The van der Waals surface area contributed by atoms with Crippen LogP contribution in [0.1, 0.15) is 34.1 Å². The van der Waals surface area contributed by atoms with Crippen molar-refractivity contribution in [1.29, 1.82) is 0 Å². The van der Waals surface area contributed by atoms with Gasteiger partial charge < -0.3 is 10.6 Å². The molecule has 1 atom stereocenters. The summed E-state index contributed by atoms with van der Waals surface area (Å²) in [7, 11) is -3.73. The minimum atomic E-state index is -3.73. The first-order valence-corrected chi connectivity index (χ1v) is 10.1. The number of amides is 2. The predicted octanol–water partition coefficient (Wildman–Crippen LogP) is 2.21. The summed E-state index contributed by atoms with van der Waals surface area (Å²) in [6.07, 6.45) is 1.00. The maximum atomic E-state index is 12.1. The lowest BCUT2D eigenvalue weighted by Gasteiger charge is -2.31. The molecule has 0 aliphatic heterocycles. The van der Waals surface area contributed by atoms with Crippen LogP contribution in [0.25, 0.3) is 0 Å². The highest BCUT2D eigenvalue weighted by Crippen LogP contribution is 2.13. The number of sulfonamides is 1. The standard InChI is InChI=1S/C17H30N4O3S/c1-5-21(6-2)15(11-13(3)4)12-19-17(22)20-14-7-9-16(10-8-14)25(18,23)24/h7-10,13,15H,5-6,11-12H2,1-4H3,(H2,18,23,24)(H2,19,20,22)/t15-/m1/s1. The molecule has 0 saturated heterocycles. The third kappa shape index (κ3) is 7.41. The summed E-state index contributed by atoms with van der Waals surface area (Å²) in [5, 5.41) is 10.6. The minimum absolute atomic E-state index is 0.0111. The third-order valence-corrected chi connectivity index (χ3v) is 4.94. The number of benzene rings is 1. The molecule has 142 valence electrons. The van der Waals surface area contributed by atoms with Gasteiger partial charge in [0.05, 0.1) is 4.90 Å². The Kier molecular flexibility index (Phi) is 8.34. The molecule has 1 rings (SSSR count). The van der Waals surface area contributed by atoms with Gasteiger partial charge in [-0.2, -0.15) is 0 Å². The second kappa shape index (κ2) is 9.74. The van der Waals surface area contributed by atoms with Crippen molar-refractivity contribution in [2.75, 3.05) is 25.0 Å². The van der Waals surface area contributed by atoms with E-state index in [-0.39, 0.29) is 17.0 Å². The van der Waals surface area contributed by atoms with Crippen LogP contribution >= 0.6 is 0 Å². The summed E-state index contributed by atoms with van der Waals surface area (Å²) in [5.74, 6) is 0.543. The van der Waals surface area contributed by atoms with Gasteiger partial charge in [-0.3, -0.25) is 4.90 Å². The van der Waals surface area contributed by atoms with Gasteiger partial charge in [-0.25, -0.2) is 18.4 Å². The van der Waals surface area contributed by atoms with Gasteiger partial charge in [0.1, 0.15) is 0 Å². The molecule has 2 amide bonds. The number of likely N-dealkylation sites (N-methyl/N-ethyl adjacent to an activating group) is 1. The normalized spacial score (nSPS) is 13.1. The van der Waals surface area contributed by atoms with Crippen LogP contribution in [0.15, 0.2) is 29.2 Å². The van der Waals surface area contributed by atoms with Crippen molar-refractivity contribution in [1.82, 2.24) is 10.2 Å². The second-order valence-corrected chi connectivity index (χ2v) is 7.97. The first-order valence-electron chi connectivity index (χ1n) is 8.59. The maximum Gasteiger partial charge on any atom is 0.319 e. The number of hydrogen-bond acceptors (Lipinski definition) is 4. The SMILES string of the molecule is CCN(CC)[C@@H](CNC(=O)Nc1ccc(S(N)(=O)=O)cc1)CC(C)C. The maximum absolute atomic E-state index is 12.1. The average molecular weight is 371 g/mol. The Labute approximate surface area is 151 Å². The van der Waals surface area contributed by atoms with E-state index in [1.165, 1.54) is 24.3 Å². The Balaban J connectivity index is 2.62. The summed E-state index contributed by atoms with van der Waals surface area (Å²) in [5.41, 5.74) is 0.508. The molecule has 0 aliphatic carbocycles. The van der Waals surface area contributed by atoms with Crippen LogP contribution in [-0.4, -0.2) is 45.0 Å². The molecule has 0 aliphatic rings. The van der Waals surface area contributed by atoms with Crippen molar-refractivity contribution in [2.24, 2.45) is 11.1 Å². The van der Waals surface area contributed by atoms with Crippen molar-refractivity contribution in [3.63, 3.8) is 0 Å². The molecule has 0 unspecified atom stereocenters. The number of primary sulfonamides is 1. The van der Waals surface area contributed by atoms with Crippen LogP contribution in [0.3, 0.4) is 0 Å². The van der Waals surface area contributed by atoms with E-state index in [4.69, 9.17) is 5.14 Å². The summed E-state index contributed by atoms with van der Waals surface area (Å²) >= 11 is 0. The molecule has 8 heteroatoms. The number of nitrogens with zero attached hydrogens (tertiary/aromatic N) is 1. The Morgan fingerprint density at radius 3 is 2.16 bits per heavy atom. The fourth-order valence-corrected chi connectivity index (χ4v) is 3.27. The fraction of sp³-hybridized carbons (Fsp3) is 0.588. The molecular formula is C17H30N4O3S. The van der Waals surface area contributed by atoms with E-state index in [0.717, 1.165) is 19.5 Å². The van der Waals surface area contributed by atoms with Crippen molar-refractivity contribution >= 4 is 21.7 Å². The van der Waals surface area contributed by atoms with E-state index in [9.17, 15) is 13.2 Å². The van der Waals surface area contributed by atoms with Gasteiger partial charge in [0.15, 0.2) is 0 Å². The molecule has 0 heterocycles. The molecule has 25 heavy (non-hydrogen) atoms. The number of anilines is 1. The van der Waals surface area contributed by atoms with Crippen molar-refractivity contribution < 1.29 is 13.2 Å². The summed E-state index contributed by atoms with van der Waals surface area (Å²) in [4.78, 5) is 14.4. The topological polar surface area (TPSA) is 105 Å². The lowest BCUT2D eigenvalue weighted by Crippen LogP contribution is -2.45. The van der Waals surface area contributed by atoms with Crippen LogP contribution in [0.5, 0.6) is 0 Å². The first-order chi connectivity index (χ1) is 11.7. The van der Waals surface area contributed by atoms with E-state index in [0.29, 0.717) is 18.2 Å². The van der Waals surface area contributed by atoms with E-state index < -0.39 is 10.0 Å². The zero-order chi connectivity index (χ0) is 19.0. The Morgan fingerprint density at radius 1 is 1.16 bits per heavy atom. The predicted molar refractivity (Wildman–Crippen MR) is 101 cm³/mol. The molecule has 1 aromatic rings. The molecule has 0 fully saturated rings. The molecule has 0 spiro atoms. The first kappa shape index (κ1) is 21.4.